The van der Waals surface area contributed by atoms with Crippen LogP contribution in [0.1, 0.15) is 6.92 Å². The summed E-state index contributed by atoms with van der Waals surface area (Å²) in [7, 11) is 0. The Morgan fingerprint density at radius 3 is 3.11 bits per heavy atom. The fourth-order valence-corrected chi connectivity index (χ4v) is 2.24. The molecule has 0 saturated carbocycles. The highest BCUT2D eigenvalue weighted by atomic mass is 35.5. The van der Waals surface area contributed by atoms with Crippen molar-refractivity contribution in [3.63, 3.8) is 0 Å². The molecule has 1 saturated heterocycles. The number of nitrogens with zero attached hydrogens (tertiary/aromatic N) is 1. The molecule has 1 amide bonds. The van der Waals surface area contributed by atoms with E-state index < -0.39 is 5.82 Å². The number of halogens is 2. The molecule has 1 atom stereocenters. The molecule has 0 spiro atoms. The average molecular weight is 286 g/mol. The zero-order chi connectivity index (χ0) is 13.8. The first-order valence-corrected chi connectivity index (χ1v) is 6.64. The van der Waals surface area contributed by atoms with Gasteiger partial charge in [0.05, 0.1) is 12.2 Å². The van der Waals surface area contributed by atoms with Gasteiger partial charge in [-0.2, -0.15) is 0 Å². The molecule has 1 aliphatic rings. The number of benzene rings is 1. The van der Waals surface area contributed by atoms with E-state index in [2.05, 4.69) is 22.5 Å². The molecule has 0 aliphatic carbocycles. The molecular weight excluding hydrogens is 269 g/mol. The van der Waals surface area contributed by atoms with E-state index in [0.717, 1.165) is 19.6 Å². The van der Waals surface area contributed by atoms with Gasteiger partial charge in [-0.15, -0.1) is 0 Å². The van der Waals surface area contributed by atoms with Crippen molar-refractivity contribution in [1.82, 2.24) is 10.2 Å². The molecule has 1 aromatic carbocycles. The fraction of sp³-hybridized carbons (Fsp3) is 0.462. The lowest BCUT2D eigenvalue weighted by atomic mass is 10.2. The summed E-state index contributed by atoms with van der Waals surface area (Å²) in [4.78, 5) is 14.0. The fourth-order valence-electron chi connectivity index (χ4n) is 2.08. The van der Waals surface area contributed by atoms with Crippen molar-refractivity contribution in [2.24, 2.45) is 0 Å². The molecule has 4 nitrogen and oxygen atoms in total. The van der Waals surface area contributed by atoms with E-state index in [1.807, 2.05) is 0 Å². The van der Waals surface area contributed by atoms with Crippen LogP contribution >= 0.6 is 11.6 Å². The predicted molar refractivity (Wildman–Crippen MR) is 73.9 cm³/mol. The summed E-state index contributed by atoms with van der Waals surface area (Å²) in [5.41, 5.74) is 0.164. The molecule has 6 heteroatoms. The van der Waals surface area contributed by atoms with Crippen LogP contribution in [0.25, 0.3) is 0 Å². The maximum absolute atomic E-state index is 13.5. The van der Waals surface area contributed by atoms with Gasteiger partial charge in [-0.05, 0) is 25.1 Å². The van der Waals surface area contributed by atoms with E-state index in [9.17, 15) is 9.18 Å². The third kappa shape index (κ3) is 3.89. The Balaban J connectivity index is 1.93. The minimum absolute atomic E-state index is 0.164. The van der Waals surface area contributed by atoms with E-state index in [4.69, 9.17) is 11.6 Å². The van der Waals surface area contributed by atoms with Crippen LogP contribution in [0.2, 0.25) is 5.02 Å². The maximum Gasteiger partial charge on any atom is 0.238 e. The van der Waals surface area contributed by atoms with Crippen molar-refractivity contribution in [3.05, 3.63) is 29.0 Å². The van der Waals surface area contributed by atoms with Crippen molar-refractivity contribution in [3.8, 4) is 0 Å². The lowest BCUT2D eigenvalue weighted by Crippen LogP contribution is -2.52. The van der Waals surface area contributed by atoms with Gasteiger partial charge in [0.2, 0.25) is 5.91 Å². The Morgan fingerprint density at radius 1 is 1.63 bits per heavy atom. The van der Waals surface area contributed by atoms with Crippen LogP contribution in [-0.4, -0.2) is 43.0 Å². The summed E-state index contributed by atoms with van der Waals surface area (Å²) in [6.07, 6.45) is 0. The number of hydrogen-bond acceptors (Lipinski definition) is 3. The Morgan fingerprint density at radius 2 is 2.42 bits per heavy atom. The Bertz CT molecular complexity index is 469. The maximum atomic E-state index is 13.5. The van der Waals surface area contributed by atoms with Crippen molar-refractivity contribution in [1.29, 1.82) is 0 Å². The predicted octanol–water partition coefficient (Wildman–Crippen LogP) is 1.71. The van der Waals surface area contributed by atoms with Crippen LogP contribution in [0.3, 0.4) is 0 Å². The van der Waals surface area contributed by atoms with Crippen LogP contribution in [0.15, 0.2) is 18.2 Å². The zero-order valence-corrected chi connectivity index (χ0v) is 11.5. The van der Waals surface area contributed by atoms with E-state index in [-0.39, 0.29) is 18.1 Å². The number of piperazine rings is 1. The summed E-state index contributed by atoms with van der Waals surface area (Å²) in [5, 5.41) is 6.14. The number of hydrogen-bond donors (Lipinski definition) is 2. The highest BCUT2D eigenvalue weighted by molar-refractivity contribution is 6.30. The van der Waals surface area contributed by atoms with Gasteiger partial charge in [0.15, 0.2) is 0 Å². The number of carbonyl (C=O) groups is 1. The lowest BCUT2D eigenvalue weighted by Gasteiger charge is -2.33. The summed E-state index contributed by atoms with van der Waals surface area (Å²) < 4.78 is 13.5. The number of anilines is 1. The third-order valence-electron chi connectivity index (χ3n) is 3.19. The van der Waals surface area contributed by atoms with Gasteiger partial charge in [-0.3, -0.25) is 9.69 Å². The van der Waals surface area contributed by atoms with Gasteiger partial charge in [0.25, 0.3) is 0 Å². The second-order valence-corrected chi connectivity index (χ2v) is 5.13. The Hall–Kier alpha value is -1.17. The standard InChI is InChI=1S/C13H17ClFN3O/c1-9-7-16-4-5-18(9)8-13(19)17-12-3-2-10(14)6-11(12)15/h2-3,6,9,16H,4-5,7-8H2,1H3,(H,17,19)/t9-/m1/s1. The topological polar surface area (TPSA) is 44.4 Å². The summed E-state index contributed by atoms with van der Waals surface area (Å²) in [6, 6.07) is 4.50. The highest BCUT2D eigenvalue weighted by Crippen LogP contribution is 2.18. The van der Waals surface area contributed by atoms with Crippen molar-refractivity contribution in [2.75, 3.05) is 31.5 Å². The molecule has 1 heterocycles. The van der Waals surface area contributed by atoms with Gasteiger partial charge < -0.3 is 10.6 Å². The van der Waals surface area contributed by atoms with Crippen molar-refractivity contribution < 1.29 is 9.18 Å². The highest BCUT2D eigenvalue weighted by Gasteiger charge is 2.20. The molecule has 0 bridgehead atoms. The van der Waals surface area contributed by atoms with Crippen LogP contribution < -0.4 is 10.6 Å². The van der Waals surface area contributed by atoms with Crippen molar-refractivity contribution in [2.45, 2.75) is 13.0 Å². The molecule has 1 fully saturated rings. The Labute approximate surface area is 116 Å². The molecule has 19 heavy (non-hydrogen) atoms. The van der Waals surface area contributed by atoms with Crippen LogP contribution in [0, 0.1) is 5.82 Å². The summed E-state index contributed by atoms with van der Waals surface area (Å²) in [6.45, 7) is 4.88. The van der Waals surface area contributed by atoms with E-state index in [1.54, 1.807) is 6.07 Å². The number of rotatable bonds is 3. The largest absolute Gasteiger partial charge is 0.322 e. The Kier molecular flexibility index (Phi) is 4.74. The lowest BCUT2D eigenvalue weighted by molar-refractivity contribution is -0.118. The first kappa shape index (κ1) is 14.2. The van der Waals surface area contributed by atoms with E-state index >= 15 is 0 Å². The molecule has 1 aliphatic heterocycles. The van der Waals surface area contributed by atoms with Crippen molar-refractivity contribution >= 4 is 23.2 Å². The van der Waals surface area contributed by atoms with Gasteiger partial charge in [-0.25, -0.2) is 4.39 Å². The second-order valence-electron chi connectivity index (χ2n) is 4.70. The van der Waals surface area contributed by atoms with Gasteiger partial charge in [0.1, 0.15) is 5.82 Å². The van der Waals surface area contributed by atoms with Crippen LogP contribution in [0.4, 0.5) is 10.1 Å². The molecular formula is C13H17ClFN3O. The molecule has 1 aromatic rings. The number of nitrogens with one attached hydrogen (secondary N) is 2. The molecule has 0 radical (unpaired) electrons. The zero-order valence-electron chi connectivity index (χ0n) is 10.7. The third-order valence-corrected chi connectivity index (χ3v) is 3.43. The van der Waals surface area contributed by atoms with Gasteiger partial charge in [-0.1, -0.05) is 11.6 Å². The van der Waals surface area contributed by atoms with E-state index in [1.165, 1.54) is 12.1 Å². The smallest absolute Gasteiger partial charge is 0.238 e. The molecule has 0 unspecified atom stereocenters. The normalized spacial score (nSPS) is 20.3. The monoisotopic (exact) mass is 285 g/mol. The van der Waals surface area contributed by atoms with Crippen LogP contribution in [-0.2, 0) is 4.79 Å². The molecule has 2 N–H and O–H groups in total. The van der Waals surface area contributed by atoms with Gasteiger partial charge in [0, 0.05) is 30.7 Å². The molecule has 2 rings (SSSR count). The molecule has 0 aromatic heterocycles. The SMILES string of the molecule is C[C@@H]1CNCCN1CC(=O)Nc1ccc(Cl)cc1F. The first-order valence-electron chi connectivity index (χ1n) is 6.26. The first-order chi connectivity index (χ1) is 9.06. The number of carbonyl (C=O) groups excluding carboxylic acids is 1. The van der Waals surface area contributed by atoms with E-state index in [0.29, 0.717) is 11.1 Å². The second kappa shape index (κ2) is 6.32. The minimum atomic E-state index is -0.519. The quantitative estimate of drug-likeness (QED) is 0.889. The summed E-state index contributed by atoms with van der Waals surface area (Å²) >= 11 is 5.66. The molecule has 104 valence electrons. The minimum Gasteiger partial charge on any atom is -0.322 e. The van der Waals surface area contributed by atoms with Crippen LogP contribution in [0.5, 0.6) is 0 Å². The summed E-state index contributed by atoms with van der Waals surface area (Å²) in [5.74, 6) is -0.732. The number of amides is 1. The average Bonchev–Trinajstić information content (AvgIpc) is 2.36. The van der Waals surface area contributed by atoms with Gasteiger partial charge >= 0.3 is 0 Å².